The summed E-state index contributed by atoms with van der Waals surface area (Å²) in [7, 11) is 0. The number of carbonyl (C=O) groups excluding carboxylic acids is 2. The van der Waals surface area contributed by atoms with E-state index in [9.17, 15) is 14.7 Å². The van der Waals surface area contributed by atoms with Crippen LogP contribution >= 0.6 is 11.6 Å². The van der Waals surface area contributed by atoms with E-state index >= 15 is 0 Å². The Morgan fingerprint density at radius 3 is 2.43 bits per heavy atom. The number of hydrogen-bond donors (Lipinski definition) is 3. The van der Waals surface area contributed by atoms with Crippen molar-refractivity contribution in [3.8, 4) is 5.75 Å². The fraction of sp³-hybridized carbons (Fsp3) is 0.143. The normalized spacial score (nSPS) is 12.4. The quantitative estimate of drug-likeness (QED) is 0.393. The summed E-state index contributed by atoms with van der Waals surface area (Å²) in [6, 6.07) is 10.3. The van der Waals surface area contributed by atoms with Crippen LogP contribution in [0.5, 0.6) is 5.75 Å². The highest BCUT2D eigenvalue weighted by atomic mass is 35.5. The Hall–Kier alpha value is -3.25. The van der Waals surface area contributed by atoms with E-state index in [1.165, 1.54) is 12.1 Å². The number of phenolic OH excluding ortho intramolecular Hbond substituents is 1. The average molecular weight is 400 g/mol. The number of benzene rings is 2. The lowest BCUT2D eigenvalue weighted by atomic mass is 10.0. The molecule has 2 aromatic carbocycles. The van der Waals surface area contributed by atoms with E-state index in [0.29, 0.717) is 33.8 Å². The van der Waals surface area contributed by atoms with Crippen LogP contribution in [0, 0.1) is 13.8 Å². The fourth-order valence-electron chi connectivity index (χ4n) is 2.86. The van der Waals surface area contributed by atoms with Gasteiger partial charge in [0.15, 0.2) is 0 Å². The van der Waals surface area contributed by atoms with Gasteiger partial charge in [-0.15, -0.1) is 0 Å². The first kappa shape index (κ1) is 21.1. The molecule has 0 aliphatic carbocycles. The second kappa shape index (κ2) is 8.63. The molecule has 28 heavy (non-hydrogen) atoms. The number of aromatic hydroxyl groups is 1. The second-order valence-corrected chi connectivity index (χ2v) is 6.79. The van der Waals surface area contributed by atoms with Gasteiger partial charge in [0.25, 0.3) is 5.91 Å². The molecule has 0 radical (unpaired) electrons. The van der Waals surface area contributed by atoms with E-state index in [0.717, 1.165) is 10.5 Å². The van der Waals surface area contributed by atoms with E-state index < -0.39 is 5.91 Å². The number of primary amides is 1. The first-order valence-corrected chi connectivity index (χ1v) is 8.82. The molecule has 0 spiro atoms. The van der Waals surface area contributed by atoms with Crippen molar-refractivity contribution >= 4 is 35.2 Å². The molecular formula is C21H22ClN3O3. The van der Waals surface area contributed by atoms with Gasteiger partial charge in [-0.05, 0) is 61.7 Å². The monoisotopic (exact) mass is 399 g/mol. The van der Waals surface area contributed by atoms with E-state index in [2.05, 4.69) is 0 Å². The molecule has 2 aromatic rings. The number of hydrogen-bond acceptors (Lipinski definition) is 4. The SMILES string of the molecule is C/C(=C\C(C(N)=O)=C(\N)N(C=O)c1c(C)ccc(O)c1C)c1cccc(Cl)c1. The lowest BCUT2D eigenvalue weighted by molar-refractivity contribution is -0.114. The van der Waals surface area contributed by atoms with Crippen molar-refractivity contribution in [1.82, 2.24) is 0 Å². The van der Waals surface area contributed by atoms with Crippen LogP contribution in [0.25, 0.3) is 5.57 Å². The molecule has 0 fully saturated rings. The first-order chi connectivity index (χ1) is 13.2. The molecule has 5 N–H and O–H groups in total. The molecule has 0 heterocycles. The molecule has 0 unspecified atom stereocenters. The van der Waals surface area contributed by atoms with Crippen LogP contribution in [0.15, 0.2) is 53.9 Å². The molecule has 0 atom stereocenters. The van der Waals surface area contributed by atoms with Gasteiger partial charge in [-0.2, -0.15) is 0 Å². The summed E-state index contributed by atoms with van der Waals surface area (Å²) < 4.78 is 0. The number of phenols is 1. The van der Waals surface area contributed by atoms with Gasteiger partial charge < -0.3 is 16.6 Å². The van der Waals surface area contributed by atoms with Crippen molar-refractivity contribution in [2.24, 2.45) is 11.5 Å². The Kier molecular flexibility index (Phi) is 6.49. The molecule has 7 heteroatoms. The Labute approximate surface area is 168 Å². The van der Waals surface area contributed by atoms with Gasteiger partial charge in [0, 0.05) is 10.6 Å². The molecule has 2 rings (SSSR count). The van der Waals surface area contributed by atoms with Crippen LogP contribution in [0.1, 0.15) is 23.6 Å². The smallest absolute Gasteiger partial charge is 0.252 e. The molecule has 0 saturated heterocycles. The molecule has 6 nitrogen and oxygen atoms in total. The molecule has 146 valence electrons. The van der Waals surface area contributed by atoms with E-state index in [1.54, 1.807) is 45.0 Å². The number of rotatable bonds is 6. The Morgan fingerprint density at radius 2 is 1.86 bits per heavy atom. The van der Waals surface area contributed by atoms with E-state index in [-0.39, 0.29) is 17.1 Å². The fourth-order valence-corrected chi connectivity index (χ4v) is 3.05. The van der Waals surface area contributed by atoms with Crippen LogP contribution < -0.4 is 16.4 Å². The predicted octanol–water partition coefficient (Wildman–Crippen LogP) is 3.38. The van der Waals surface area contributed by atoms with Crippen LogP contribution in [0.3, 0.4) is 0 Å². The first-order valence-electron chi connectivity index (χ1n) is 8.44. The molecule has 0 aromatic heterocycles. The minimum Gasteiger partial charge on any atom is -0.508 e. The zero-order valence-corrected chi connectivity index (χ0v) is 16.6. The van der Waals surface area contributed by atoms with Crippen molar-refractivity contribution in [3.05, 3.63) is 75.6 Å². The number of aryl methyl sites for hydroxylation is 1. The summed E-state index contributed by atoms with van der Waals surface area (Å²) >= 11 is 6.02. The van der Waals surface area contributed by atoms with Crippen molar-refractivity contribution in [2.75, 3.05) is 4.90 Å². The van der Waals surface area contributed by atoms with Gasteiger partial charge in [-0.3, -0.25) is 14.5 Å². The van der Waals surface area contributed by atoms with Crippen LogP contribution in [0.4, 0.5) is 5.69 Å². The Bertz CT molecular complexity index is 996. The molecule has 0 aliphatic rings. The summed E-state index contributed by atoms with van der Waals surface area (Å²) in [6.07, 6.45) is 1.99. The van der Waals surface area contributed by atoms with Crippen LogP contribution in [-0.2, 0) is 9.59 Å². The number of halogens is 1. The average Bonchev–Trinajstić information content (AvgIpc) is 2.65. The highest BCUT2D eigenvalue weighted by Crippen LogP contribution is 2.32. The molecule has 0 saturated carbocycles. The zero-order chi connectivity index (χ0) is 21.0. The van der Waals surface area contributed by atoms with E-state index in [4.69, 9.17) is 23.1 Å². The molecule has 2 amide bonds. The van der Waals surface area contributed by atoms with Crippen molar-refractivity contribution in [1.29, 1.82) is 0 Å². The minimum absolute atomic E-state index is 0.00604. The number of nitrogens with zero attached hydrogens (tertiary/aromatic N) is 1. The minimum atomic E-state index is -0.791. The highest BCUT2D eigenvalue weighted by Gasteiger charge is 2.20. The standard InChI is InChI=1S/C21H22ClN3O3/c1-12-7-8-18(27)14(3)19(12)25(11-26)20(23)17(21(24)28)9-13(2)15-5-4-6-16(22)10-15/h4-11,27H,23H2,1-3H3,(H2,24,28)/b13-9+,20-17+. The lowest BCUT2D eigenvalue weighted by Crippen LogP contribution is -2.32. The molecule has 0 bridgehead atoms. The number of anilines is 1. The molecular weight excluding hydrogens is 378 g/mol. The molecule has 0 aliphatic heterocycles. The number of carbonyl (C=O) groups is 2. The maximum absolute atomic E-state index is 12.1. The van der Waals surface area contributed by atoms with Gasteiger partial charge in [-0.25, -0.2) is 0 Å². The Morgan fingerprint density at radius 1 is 1.18 bits per heavy atom. The van der Waals surface area contributed by atoms with Crippen molar-refractivity contribution in [2.45, 2.75) is 20.8 Å². The Balaban J connectivity index is 2.65. The van der Waals surface area contributed by atoms with Gasteiger partial charge >= 0.3 is 0 Å². The van der Waals surface area contributed by atoms with Gasteiger partial charge in [0.2, 0.25) is 6.41 Å². The lowest BCUT2D eigenvalue weighted by Gasteiger charge is -2.24. The topological polar surface area (TPSA) is 110 Å². The largest absolute Gasteiger partial charge is 0.508 e. The summed E-state index contributed by atoms with van der Waals surface area (Å²) in [5.74, 6) is -0.923. The summed E-state index contributed by atoms with van der Waals surface area (Å²) in [6.45, 7) is 5.19. The van der Waals surface area contributed by atoms with Crippen molar-refractivity contribution in [3.63, 3.8) is 0 Å². The predicted molar refractivity (Wildman–Crippen MR) is 112 cm³/mol. The maximum Gasteiger partial charge on any atom is 0.252 e. The van der Waals surface area contributed by atoms with Gasteiger partial charge in [0.05, 0.1) is 11.3 Å². The van der Waals surface area contributed by atoms with Gasteiger partial charge in [-0.1, -0.05) is 29.8 Å². The second-order valence-electron chi connectivity index (χ2n) is 6.35. The summed E-state index contributed by atoms with van der Waals surface area (Å²) in [5, 5.41) is 10.5. The third-order valence-electron chi connectivity index (χ3n) is 4.39. The van der Waals surface area contributed by atoms with Gasteiger partial charge in [0.1, 0.15) is 11.6 Å². The maximum atomic E-state index is 12.1. The van der Waals surface area contributed by atoms with E-state index in [1.807, 2.05) is 6.07 Å². The number of nitrogens with two attached hydrogens (primary N) is 2. The van der Waals surface area contributed by atoms with Crippen LogP contribution in [-0.4, -0.2) is 17.4 Å². The third-order valence-corrected chi connectivity index (χ3v) is 4.63. The highest BCUT2D eigenvalue weighted by molar-refractivity contribution is 6.30. The summed E-state index contributed by atoms with van der Waals surface area (Å²) in [5.41, 5.74) is 14.7. The number of amides is 2. The zero-order valence-electron chi connectivity index (χ0n) is 15.9. The number of allylic oxidation sites excluding steroid dienone is 1. The summed E-state index contributed by atoms with van der Waals surface area (Å²) in [4.78, 5) is 25.0. The third kappa shape index (κ3) is 4.35. The van der Waals surface area contributed by atoms with Crippen LogP contribution in [0.2, 0.25) is 5.02 Å². The van der Waals surface area contributed by atoms with Crippen molar-refractivity contribution < 1.29 is 14.7 Å².